The lowest BCUT2D eigenvalue weighted by atomic mass is 10.2. The Kier molecular flexibility index (Phi) is 7.28. The van der Waals surface area contributed by atoms with Crippen LogP contribution in [0.2, 0.25) is 5.02 Å². The lowest BCUT2D eigenvalue weighted by molar-refractivity contribution is -0.113. The Bertz CT molecular complexity index is 676. The zero-order chi connectivity index (χ0) is 17.4. The van der Waals surface area contributed by atoms with Crippen molar-refractivity contribution < 1.29 is 14.3 Å². The second kappa shape index (κ2) is 9.45. The molecule has 0 aliphatic heterocycles. The Labute approximate surface area is 151 Å². The van der Waals surface area contributed by atoms with Gasteiger partial charge in [0.2, 0.25) is 5.91 Å². The highest BCUT2D eigenvalue weighted by Crippen LogP contribution is 2.23. The molecule has 0 radical (unpaired) electrons. The van der Waals surface area contributed by atoms with Gasteiger partial charge in [0.05, 0.1) is 19.5 Å². The van der Waals surface area contributed by atoms with Crippen molar-refractivity contribution in [2.24, 2.45) is 0 Å². The van der Waals surface area contributed by atoms with Gasteiger partial charge in [-0.2, -0.15) is 0 Å². The van der Waals surface area contributed by atoms with Crippen molar-refractivity contribution in [2.45, 2.75) is 6.92 Å². The van der Waals surface area contributed by atoms with Crippen molar-refractivity contribution in [3.8, 4) is 11.5 Å². The number of amides is 1. The number of thioether (sulfide) groups is 1. The number of hydrogen-bond acceptors (Lipinski definition) is 4. The number of carbonyl (C=O) groups excluding carboxylic acids is 1. The molecule has 4 nitrogen and oxygen atoms in total. The first kappa shape index (κ1) is 18.5. The quantitative estimate of drug-likeness (QED) is 0.704. The molecule has 1 N–H and O–H groups in total. The number of anilines is 1. The molecule has 0 aromatic heterocycles. The van der Waals surface area contributed by atoms with E-state index in [1.54, 1.807) is 13.2 Å². The van der Waals surface area contributed by atoms with Gasteiger partial charge in [-0.1, -0.05) is 17.7 Å². The minimum absolute atomic E-state index is 0.0465. The summed E-state index contributed by atoms with van der Waals surface area (Å²) in [5, 5.41) is 3.52. The van der Waals surface area contributed by atoms with Crippen LogP contribution in [-0.2, 0) is 4.79 Å². The first-order valence-electron chi connectivity index (χ1n) is 7.49. The molecule has 1 amide bonds. The van der Waals surface area contributed by atoms with E-state index < -0.39 is 0 Å². The molecule has 24 heavy (non-hydrogen) atoms. The molecule has 6 heteroatoms. The maximum Gasteiger partial charge on any atom is 0.234 e. The van der Waals surface area contributed by atoms with Gasteiger partial charge in [0, 0.05) is 16.5 Å². The molecule has 2 aromatic carbocycles. The van der Waals surface area contributed by atoms with Crippen LogP contribution in [0.25, 0.3) is 0 Å². The van der Waals surface area contributed by atoms with E-state index in [9.17, 15) is 4.79 Å². The summed E-state index contributed by atoms with van der Waals surface area (Å²) < 4.78 is 10.7. The number of nitrogens with one attached hydrogen (secondary N) is 1. The van der Waals surface area contributed by atoms with E-state index in [1.807, 2.05) is 43.3 Å². The van der Waals surface area contributed by atoms with Crippen LogP contribution in [0.4, 0.5) is 5.69 Å². The van der Waals surface area contributed by atoms with E-state index in [2.05, 4.69) is 5.32 Å². The van der Waals surface area contributed by atoms with E-state index in [4.69, 9.17) is 21.1 Å². The van der Waals surface area contributed by atoms with E-state index in [1.165, 1.54) is 11.8 Å². The first-order valence-corrected chi connectivity index (χ1v) is 9.03. The summed E-state index contributed by atoms with van der Waals surface area (Å²) in [5.74, 6) is 2.64. The van der Waals surface area contributed by atoms with Gasteiger partial charge in [-0.3, -0.25) is 4.79 Å². The summed E-state index contributed by atoms with van der Waals surface area (Å²) in [4.78, 5) is 11.9. The molecule has 0 aliphatic carbocycles. The minimum Gasteiger partial charge on any atom is -0.497 e. The summed E-state index contributed by atoms with van der Waals surface area (Å²) in [7, 11) is 1.63. The third-order valence-electron chi connectivity index (χ3n) is 3.33. The number of halogens is 1. The van der Waals surface area contributed by atoms with Crippen LogP contribution < -0.4 is 14.8 Å². The molecule has 2 aromatic rings. The molecule has 0 saturated heterocycles. The molecule has 0 spiro atoms. The molecular formula is C18H20ClNO3S. The fourth-order valence-corrected chi connectivity index (χ4v) is 2.76. The molecule has 128 valence electrons. The summed E-state index contributed by atoms with van der Waals surface area (Å²) in [6, 6.07) is 12.9. The molecule has 0 atom stereocenters. The third kappa shape index (κ3) is 5.65. The molecule has 0 aliphatic rings. The molecule has 0 saturated carbocycles. The van der Waals surface area contributed by atoms with E-state index in [0.717, 1.165) is 28.5 Å². The second-order valence-electron chi connectivity index (χ2n) is 5.04. The Morgan fingerprint density at radius 1 is 1.17 bits per heavy atom. The number of rotatable bonds is 8. The number of methoxy groups -OCH3 is 1. The zero-order valence-electron chi connectivity index (χ0n) is 13.7. The molecule has 0 bridgehead atoms. The predicted molar refractivity (Wildman–Crippen MR) is 101 cm³/mol. The van der Waals surface area contributed by atoms with Crippen LogP contribution in [0.5, 0.6) is 11.5 Å². The number of benzene rings is 2. The normalized spacial score (nSPS) is 10.3. The fraction of sp³-hybridized carbons (Fsp3) is 0.278. The second-order valence-corrected chi connectivity index (χ2v) is 6.55. The molecule has 2 rings (SSSR count). The van der Waals surface area contributed by atoms with Crippen LogP contribution in [0, 0.1) is 6.92 Å². The van der Waals surface area contributed by atoms with Crippen LogP contribution in [-0.4, -0.2) is 31.1 Å². The standard InChI is InChI=1S/C18H20ClNO3S/c1-13-16(19)4-3-5-17(13)20-18(21)12-24-11-10-23-15-8-6-14(22-2)7-9-15/h3-9H,10-12H2,1-2H3,(H,20,21). The van der Waals surface area contributed by atoms with E-state index in [0.29, 0.717) is 17.4 Å². The SMILES string of the molecule is COc1ccc(OCCSCC(=O)Nc2cccc(Cl)c2C)cc1. The van der Waals surface area contributed by atoms with Gasteiger partial charge in [0.1, 0.15) is 11.5 Å². The fourth-order valence-electron chi connectivity index (χ4n) is 1.98. The molecule has 0 fully saturated rings. The maximum atomic E-state index is 11.9. The van der Waals surface area contributed by atoms with Gasteiger partial charge < -0.3 is 14.8 Å². The van der Waals surface area contributed by atoms with Crippen molar-refractivity contribution in [1.82, 2.24) is 0 Å². The van der Waals surface area contributed by atoms with Crippen LogP contribution >= 0.6 is 23.4 Å². The van der Waals surface area contributed by atoms with Crippen molar-refractivity contribution >= 4 is 35.0 Å². The van der Waals surface area contributed by atoms with Gasteiger partial charge in [-0.05, 0) is 48.9 Å². The lowest BCUT2D eigenvalue weighted by Gasteiger charge is -2.10. The Hall–Kier alpha value is -1.85. The number of hydrogen-bond donors (Lipinski definition) is 1. The van der Waals surface area contributed by atoms with Crippen molar-refractivity contribution in [3.05, 3.63) is 53.1 Å². The average molecular weight is 366 g/mol. The van der Waals surface area contributed by atoms with E-state index in [-0.39, 0.29) is 5.91 Å². The number of carbonyl (C=O) groups is 1. The molecule has 0 heterocycles. The molecular weight excluding hydrogens is 346 g/mol. The van der Waals surface area contributed by atoms with Crippen molar-refractivity contribution in [2.75, 3.05) is 30.5 Å². The molecule has 0 unspecified atom stereocenters. The largest absolute Gasteiger partial charge is 0.497 e. The van der Waals surface area contributed by atoms with Crippen LogP contribution in [0.1, 0.15) is 5.56 Å². The van der Waals surface area contributed by atoms with Gasteiger partial charge in [-0.25, -0.2) is 0 Å². The number of ether oxygens (including phenoxy) is 2. The zero-order valence-corrected chi connectivity index (χ0v) is 15.2. The predicted octanol–water partition coefficient (Wildman–Crippen LogP) is 4.41. The highest BCUT2D eigenvalue weighted by atomic mass is 35.5. The van der Waals surface area contributed by atoms with Crippen LogP contribution in [0.3, 0.4) is 0 Å². The average Bonchev–Trinajstić information content (AvgIpc) is 2.59. The third-order valence-corrected chi connectivity index (χ3v) is 4.66. The summed E-state index contributed by atoms with van der Waals surface area (Å²) in [6.45, 7) is 2.42. The Morgan fingerprint density at radius 2 is 1.88 bits per heavy atom. The smallest absolute Gasteiger partial charge is 0.234 e. The minimum atomic E-state index is -0.0465. The topological polar surface area (TPSA) is 47.6 Å². The van der Waals surface area contributed by atoms with Gasteiger partial charge >= 0.3 is 0 Å². The van der Waals surface area contributed by atoms with Crippen LogP contribution in [0.15, 0.2) is 42.5 Å². The summed E-state index contributed by atoms with van der Waals surface area (Å²) in [5.41, 5.74) is 1.63. The van der Waals surface area contributed by atoms with Gasteiger partial charge in [-0.15, -0.1) is 11.8 Å². The van der Waals surface area contributed by atoms with Gasteiger partial charge in [0.15, 0.2) is 0 Å². The van der Waals surface area contributed by atoms with E-state index >= 15 is 0 Å². The van der Waals surface area contributed by atoms with Crippen molar-refractivity contribution in [3.63, 3.8) is 0 Å². The van der Waals surface area contributed by atoms with Gasteiger partial charge in [0.25, 0.3) is 0 Å². The maximum absolute atomic E-state index is 11.9. The van der Waals surface area contributed by atoms with Crippen molar-refractivity contribution in [1.29, 1.82) is 0 Å². The first-order chi connectivity index (χ1) is 11.6. The lowest BCUT2D eigenvalue weighted by Crippen LogP contribution is -2.16. The Morgan fingerprint density at radius 3 is 2.58 bits per heavy atom. The summed E-state index contributed by atoms with van der Waals surface area (Å²) >= 11 is 7.56. The summed E-state index contributed by atoms with van der Waals surface area (Å²) in [6.07, 6.45) is 0. The highest BCUT2D eigenvalue weighted by molar-refractivity contribution is 7.99. The highest BCUT2D eigenvalue weighted by Gasteiger charge is 2.06. The Balaban J connectivity index is 1.66. The monoisotopic (exact) mass is 365 g/mol.